The number of phenolic OH excluding ortho intramolecular Hbond substituents is 2. The van der Waals surface area contributed by atoms with Gasteiger partial charge in [-0.2, -0.15) is 0 Å². The van der Waals surface area contributed by atoms with E-state index in [1.165, 1.54) is 0 Å². The molecule has 1 aromatic heterocycles. The van der Waals surface area contributed by atoms with Gasteiger partial charge in [0.15, 0.2) is 23.0 Å². The minimum absolute atomic E-state index is 0.164. The molecule has 5 atom stereocenters. The van der Waals surface area contributed by atoms with Crippen LogP contribution in [0.1, 0.15) is 0 Å². The molecule has 0 saturated carbocycles. The molecule has 168 valence electrons. The molecular formula is C21H18O11. The summed E-state index contributed by atoms with van der Waals surface area (Å²) in [5, 5.41) is 59.2. The van der Waals surface area contributed by atoms with Gasteiger partial charge >= 0.3 is 5.97 Å². The number of carboxylic acids is 1. The number of fused-ring (bicyclic) bond motifs is 1. The van der Waals surface area contributed by atoms with Crippen LogP contribution in [0.2, 0.25) is 0 Å². The standard InChI is InChI=1S/C21H18O11/c22-9-6-10(8-4-2-1-3-5-8)30-11-7-12(14(23)15(24)13(9)11)31-21-18(27)16(25)17(26)19(32-21)20(28)29/h1-7,16-19,21,23-27H,(H,28,29)/t16-,17+,18?,19+,21+/m0/s1. The molecule has 3 aromatic rings. The number of rotatable bonds is 4. The number of hydrogen-bond donors (Lipinski definition) is 6. The van der Waals surface area contributed by atoms with Crippen LogP contribution in [0.25, 0.3) is 22.3 Å². The minimum atomic E-state index is -1.94. The Labute approximate surface area is 178 Å². The highest BCUT2D eigenvalue weighted by Gasteiger charge is 2.48. The van der Waals surface area contributed by atoms with E-state index in [0.29, 0.717) is 5.56 Å². The van der Waals surface area contributed by atoms with Crippen LogP contribution in [0, 0.1) is 0 Å². The molecule has 1 saturated heterocycles. The van der Waals surface area contributed by atoms with Crippen molar-refractivity contribution in [2.24, 2.45) is 0 Å². The molecule has 0 amide bonds. The largest absolute Gasteiger partial charge is 0.504 e. The monoisotopic (exact) mass is 446 g/mol. The summed E-state index contributed by atoms with van der Waals surface area (Å²) in [6.45, 7) is 0. The number of hydrogen-bond acceptors (Lipinski definition) is 10. The van der Waals surface area contributed by atoms with Crippen molar-refractivity contribution in [2.75, 3.05) is 0 Å². The van der Waals surface area contributed by atoms with Crippen LogP contribution in [0.15, 0.2) is 51.7 Å². The fraction of sp³-hybridized carbons (Fsp3) is 0.238. The Balaban J connectivity index is 1.77. The summed E-state index contributed by atoms with van der Waals surface area (Å²) in [6, 6.07) is 10.8. The average molecular weight is 446 g/mol. The first-order valence-corrected chi connectivity index (χ1v) is 9.36. The molecular weight excluding hydrogens is 428 g/mol. The Morgan fingerprint density at radius 3 is 2.28 bits per heavy atom. The topological polar surface area (TPSA) is 187 Å². The summed E-state index contributed by atoms with van der Waals surface area (Å²) in [4.78, 5) is 23.8. The smallest absolute Gasteiger partial charge is 0.335 e. The van der Waals surface area contributed by atoms with Gasteiger partial charge in [0.25, 0.3) is 0 Å². The number of carboxylic acid groups (broad SMARTS) is 1. The van der Waals surface area contributed by atoms with Crippen molar-refractivity contribution in [1.29, 1.82) is 0 Å². The summed E-state index contributed by atoms with van der Waals surface area (Å²) in [7, 11) is 0. The first-order valence-electron chi connectivity index (χ1n) is 9.36. The van der Waals surface area contributed by atoms with E-state index >= 15 is 0 Å². The van der Waals surface area contributed by atoms with E-state index in [1.54, 1.807) is 30.3 Å². The zero-order valence-corrected chi connectivity index (χ0v) is 16.2. The van der Waals surface area contributed by atoms with Crippen molar-refractivity contribution in [1.82, 2.24) is 0 Å². The zero-order chi connectivity index (χ0) is 23.2. The van der Waals surface area contributed by atoms with Crippen molar-refractivity contribution in [3.63, 3.8) is 0 Å². The maximum Gasteiger partial charge on any atom is 0.335 e. The predicted molar refractivity (Wildman–Crippen MR) is 106 cm³/mol. The summed E-state index contributed by atoms with van der Waals surface area (Å²) >= 11 is 0. The van der Waals surface area contributed by atoms with Gasteiger partial charge in [-0.05, 0) is 0 Å². The number of phenols is 2. The molecule has 2 heterocycles. The number of aliphatic carboxylic acids is 1. The molecule has 0 spiro atoms. The molecule has 4 rings (SSSR count). The summed E-state index contributed by atoms with van der Waals surface area (Å²) in [5.41, 5.74) is -0.265. The van der Waals surface area contributed by atoms with Gasteiger partial charge in [0, 0.05) is 17.7 Å². The maximum atomic E-state index is 12.5. The molecule has 2 aromatic carbocycles. The summed E-state index contributed by atoms with van der Waals surface area (Å²) in [6.07, 6.45) is -9.56. The first-order chi connectivity index (χ1) is 15.2. The Morgan fingerprint density at radius 2 is 1.62 bits per heavy atom. The van der Waals surface area contributed by atoms with E-state index in [0.717, 1.165) is 12.1 Å². The van der Waals surface area contributed by atoms with Gasteiger partial charge in [0.2, 0.25) is 12.0 Å². The number of aromatic hydroxyl groups is 2. The quantitative estimate of drug-likeness (QED) is 0.299. The van der Waals surface area contributed by atoms with E-state index in [1.807, 2.05) is 0 Å². The zero-order valence-electron chi connectivity index (χ0n) is 16.2. The van der Waals surface area contributed by atoms with E-state index in [-0.39, 0.29) is 16.7 Å². The molecule has 1 fully saturated rings. The fourth-order valence-corrected chi connectivity index (χ4v) is 3.38. The molecule has 1 unspecified atom stereocenters. The van der Waals surface area contributed by atoms with E-state index in [9.17, 15) is 35.1 Å². The molecule has 0 aliphatic carbocycles. The van der Waals surface area contributed by atoms with Gasteiger partial charge < -0.3 is 44.5 Å². The average Bonchev–Trinajstić information content (AvgIpc) is 2.77. The molecule has 6 N–H and O–H groups in total. The van der Waals surface area contributed by atoms with Gasteiger partial charge in [-0.1, -0.05) is 30.3 Å². The number of aliphatic hydroxyl groups excluding tert-OH is 3. The number of carbonyl (C=O) groups is 1. The van der Waals surface area contributed by atoms with Crippen molar-refractivity contribution >= 4 is 16.9 Å². The second-order valence-electron chi connectivity index (χ2n) is 7.14. The third kappa shape index (κ3) is 3.63. The lowest BCUT2D eigenvalue weighted by Crippen LogP contribution is -2.61. The Hall–Kier alpha value is -3.64. The third-order valence-electron chi connectivity index (χ3n) is 5.05. The molecule has 32 heavy (non-hydrogen) atoms. The van der Waals surface area contributed by atoms with Crippen molar-refractivity contribution in [3.05, 3.63) is 52.7 Å². The van der Waals surface area contributed by atoms with E-state index in [4.69, 9.17) is 19.0 Å². The molecule has 0 bridgehead atoms. The lowest BCUT2D eigenvalue weighted by Gasteiger charge is -2.38. The second kappa shape index (κ2) is 8.13. The molecule has 1 aliphatic rings. The predicted octanol–water partition coefficient (Wildman–Crippen LogP) is 0.142. The Morgan fingerprint density at radius 1 is 0.938 bits per heavy atom. The van der Waals surface area contributed by atoms with Crippen molar-refractivity contribution < 1.29 is 49.3 Å². The minimum Gasteiger partial charge on any atom is -0.504 e. The molecule has 0 radical (unpaired) electrons. The number of aliphatic hydroxyl groups is 3. The number of benzene rings is 2. The molecule has 1 aliphatic heterocycles. The normalized spacial score (nSPS) is 25.5. The van der Waals surface area contributed by atoms with Crippen LogP contribution >= 0.6 is 0 Å². The van der Waals surface area contributed by atoms with Gasteiger partial charge in [0.05, 0.1) is 0 Å². The Kier molecular flexibility index (Phi) is 5.48. The molecule has 11 nitrogen and oxygen atoms in total. The maximum absolute atomic E-state index is 12.5. The van der Waals surface area contributed by atoms with Gasteiger partial charge in [0.1, 0.15) is 35.0 Å². The van der Waals surface area contributed by atoms with Crippen molar-refractivity contribution in [3.8, 4) is 28.6 Å². The van der Waals surface area contributed by atoms with Gasteiger partial charge in [-0.25, -0.2) is 4.79 Å². The van der Waals surface area contributed by atoms with Crippen LogP contribution in [-0.2, 0) is 9.53 Å². The third-order valence-corrected chi connectivity index (χ3v) is 5.05. The summed E-state index contributed by atoms with van der Waals surface area (Å²) in [5.74, 6) is -3.76. The van der Waals surface area contributed by atoms with E-state index in [2.05, 4.69) is 0 Å². The van der Waals surface area contributed by atoms with Crippen LogP contribution in [0.4, 0.5) is 0 Å². The van der Waals surface area contributed by atoms with Gasteiger partial charge in [-0.3, -0.25) is 4.79 Å². The highest BCUT2D eigenvalue weighted by Crippen LogP contribution is 2.42. The van der Waals surface area contributed by atoms with Crippen LogP contribution in [-0.4, -0.2) is 67.3 Å². The SMILES string of the molecule is O=C(O)[C@@H]1O[C@@H](Oc2cc3oc(-c4ccccc4)cc(=O)c3c(O)c2O)C(O)[C@@H](O)[C@H]1O. The molecule has 11 heteroatoms. The summed E-state index contributed by atoms with van der Waals surface area (Å²) < 4.78 is 16.0. The van der Waals surface area contributed by atoms with Crippen LogP contribution < -0.4 is 10.2 Å². The lowest BCUT2D eigenvalue weighted by molar-refractivity contribution is -0.271. The van der Waals surface area contributed by atoms with E-state index < -0.39 is 59.4 Å². The van der Waals surface area contributed by atoms with Crippen LogP contribution in [0.3, 0.4) is 0 Å². The second-order valence-corrected chi connectivity index (χ2v) is 7.14. The Bertz CT molecular complexity index is 1220. The first kappa shape index (κ1) is 21.6. The van der Waals surface area contributed by atoms with Gasteiger partial charge in [-0.15, -0.1) is 0 Å². The van der Waals surface area contributed by atoms with Crippen molar-refractivity contribution in [2.45, 2.75) is 30.7 Å². The fourth-order valence-electron chi connectivity index (χ4n) is 3.38. The highest BCUT2D eigenvalue weighted by atomic mass is 16.7. The number of ether oxygens (including phenoxy) is 2. The van der Waals surface area contributed by atoms with Crippen LogP contribution in [0.5, 0.6) is 17.2 Å². The highest BCUT2D eigenvalue weighted by molar-refractivity contribution is 5.89. The lowest BCUT2D eigenvalue weighted by atomic mass is 9.99.